The highest BCUT2D eigenvalue weighted by atomic mass is 16.5. The number of nitrogens with one attached hydrogen (secondary N) is 1. The Bertz CT molecular complexity index is 483. The minimum absolute atomic E-state index is 0.175. The van der Waals surface area contributed by atoms with Gasteiger partial charge in [0.15, 0.2) is 0 Å². The van der Waals surface area contributed by atoms with Gasteiger partial charge < -0.3 is 10.1 Å². The Hall–Kier alpha value is -1.46. The topological polar surface area (TPSA) is 52.0 Å². The maximum Gasteiger partial charge on any atom is 0.113 e. The lowest BCUT2D eigenvalue weighted by Gasteiger charge is -2.17. The summed E-state index contributed by atoms with van der Waals surface area (Å²) in [4.78, 5) is 0. The zero-order chi connectivity index (χ0) is 12.8. The predicted octanol–water partition coefficient (Wildman–Crippen LogP) is 1.62. The van der Waals surface area contributed by atoms with Crippen LogP contribution in [-0.4, -0.2) is 41.8 Å². The van der Waals surface area contributed by atoms with E-state index >= 15 is 0 Å². The number of aromatic nitrogens is 3. The van der Waals surface area contributed by atoms with Gasteiger partial charge in [-0.15, -0.1) is 5.10 Å². The van der Waals surface area contributed by atoms with E-state index in [1.165, 1.54) is 0 Å². The molecule has 1 aromatic heterocycles. The molecule has 2 aromatic rings. The Labute approximate surface area is 107 Å². The first-order valence-corrected chi connectivity index (χ1v) is 6.36. The molecule has 0 saturated heterocycles. The van der Waals surface area contributed by atoms with E-state index in [0.717, 1.165) is 30.5 Å². The SMILES string of the molecule is CCCNCC(COC)n1nnc2ccccc21. The number of ether oxygens (including phenoxy) is 1. The molecule has 0 aliphatic rings. The van der Waals surface area contributed by atoms with Gasteiger partial charge in [-0.2, -0.15) is 0 Å². The third-order valence-electron chi connectivity index (χ3n) is 2.89. The van der Waals surface area contributed by atoms with Gasteiger partial charge in [-0.05, 0) is 25.1 Å². The molecule has 5 heteroatoms. The zero-order valence-corrected chi connectivity index (χ0v) is 11.0. The van der Waals surface area contributed by atoms with E-state index < -0.39 is 0 Å². The van der Waals surface area contributed by atoms with Crippen LogP contribution in [0, 0.1) is 0 Å². The lowest BCUT2D eigenvalue weighted by molar-refractivity contribution is 0.149. The van der Waals surface area contributed by atoms with Gasteiger partial charge in [0.25, 0.3) is 0 Å². The van der Waals surface area contributed by atoms with Crippen molar-refractivity contribution in [2.45, 2.75) is 19.4 Å². The number of fused-ring (bicyclic) bond motifs is 1. The molecular weight excluding hydrogens is 228 g/mol. The summed E-state index contributed by atoms with van der Waals surface area (Å²) in [5, 5.41) is 11.8. The molecule has 0 saturated carbocycles. The molecule has 5 nitrogen and oxygen atoms in total. The average molecular weight is 248 g/mol. The molecule has 0 bridgehead atoms. The van der Waals surface area contributed by atoms with Crippen LogP contribution in [0.3, 0.4) is 0 Å². The first-order chi connectivity index (χ1) is 8.86. The Morgan fingerprint density at radius 2 is 2.22 bits per heavy atom. The van der Waals surface area contributed by atoms with Crippen molar-refractivity contribution in [2.24, 2.45) is 0 Å². The Kier molecular flexibility index (Phi) is 4.66. The van der Waals surface area contributed by atoms with Crippen LogP contribution >= 0.6 is 0 Å². The van der Waals surface area contributed by atoms with Crippen molar-refractivity contribution in [3.8, 4) is 0 Å². The van der Waals surface area contributed by atoms with Gasteiger partial charge in [0.1, 0.15) is 5.52 Å². The van der Waals surface area contributed by atoms with Crippen molar-refractivity contribution in [3.05, 3.63) is 24.3 Å². The summed E-state index contributed by atoms with van der Waals surface area (Å²) in [6.45, 7) is 4.63. The Balaban J connectivity index is 2.18. The van der Waals surface area contributed by atoms with Gasteiger partial charge in [0.2, 0.25) is 0 Å². The molecular formula is C13H20N4O. The van der Waals surface area contributed by atoms with Crippen molar-refractivity contribution in [3.63, 3.8) is 0 Å². The van der Waals surface area contributed by atoms with Gasteiger partial charge in [0, 0.05) is 13.7 Å². The molecule has 0 radical (unpaired) electrons. The number of hydrogen-bond donors (Lipinski definition) is 1. The van der Waals surface area contributed by atoms with Crippen molar-refractivity contribution in [2.75, 3.05) is 26.8 Å². The number of para-hydroxylation sites is 1. The fourth-order valence-corrected chi connectivity index (χ4v) is 2.01. The van der Waals surface area contributed by atoms with E-state index in [-0.39, 0.29) is 6.04 Å². The van der Waals surface area contributed by atoms with Crippen molar-refractivity contribution >= 4 is 11.0 Å². The summed E-state index contributed by atoms with van der Waals surface area (Å²) in [5.74, 6) is 0. The Morgan fingerprint density at radius 1 is 1.39 bits per heavy atom. The number of hydrogen-bond acceptors (Lipinski definition) is 4. The maximum atomic E-state index is 5.28. The summed E-state index contributed by atoms with van der Waals surface area (Å²) < 4.78 is 7.22. The second-order valence-electron chi connectivity index (χ2n) is 4.34. The summed E-state index contributed by atoms with van der Waals surface area (Å²) in [6.07, 6.45) is 1.12. The third-order valence-corrected chi connectivity index (χ3v) is 2.89. The van der Waals surface area contributed by atoms with Crippen LogP contribution in [0.5, 0.6) is 0 Å². The van der Waals surface area contributed by atoms with Crippen molar-refractivity contribution in [1.29, 1.82) is 0 Å². The molecule has 2 rings (SSSR count). The van der Waals surface area contributed by atoms with Crippen LogP contribution in [0.1, 0.15) is 19.4 Å². The molecule has 1 atom stereocenters. The van der Waals surface area contributed by atoms with Crippen LogP contribution in [0.2, 0.25) is 0 Å². The molecule has 18 heavy (non-hydrogen) atoms. The lowest BCUT2D eigenvalue weighted by atomic mass is 10.2. The maximum absolute atomic E-state index is 5.28. The number of nitrogens with zero attached hydrogens (tertiary/aromatic N) is 3. The van der Waals surface area contributed by atoms with Gasteiger partial charge in [-0.1, -0.05) is 24.3 Å². The highest BCUT2D eigenvalue weighted by molar-refractivity contribution is 5.73. The monoisotopic (exact) mass is 248 g/mol. The van der Waals surface area contributed by atoms with E-state index in [9.17, 15) is 0 Å². The minimum Gasteiger partial charge on any atom is -0.382 e. The van der Waals surface area contributed by atoms with Crippen LogP contribution < -0.4 is 5.32 Å². The zero-order valence-electron chi connectivity index (χ0n) is 11.0. The second-order valence-corrected chi connectivity index (χ2v) is 4.34. The van der Waals surface area contributed by atoms with Crippen molar-refractivity contribution in [1.82, 2.24) is 20.3 Å². The normalized spacial score (nSPS) is 13.0. The molecule has 0 spiro atoms. The Morgan fingerprint density at radius 3 is 3.00 bits per heavy atom. The molecule has 0 fully saturated rings. The van der Waals surface area contributed by atoms with Crippen LogP contribution in [0.25, 0.3) is 11.0 Å². The fourth-order valence-electron chi connectivity index (χ4n) is 2.01. The molecule has 0 aliphatic heterocycles. The van der Waals surface area contributed by atoms with E-state index in [2.05, 4.69) is 22.6 Å². The lowest BCUT2D eigenvalue weighted by Crippen LogP contribution is -2.29. The molecule has 1 unspecified atom stereocenters. The van der Waals surface area contributed by atoms with Gasteiger partial charge in [-0.25, -0.2) is 4.68 Å². The summed E-state index contributed by atoms with van der Waals surface area (Å²) in [6, 6.07) is 8.17. The van der Waals surface area contributed by atoms with Crippen molar-refractivity contribution < 1.29 is 4.74 Å². The quantitative estimate of drug-likeness (QED) is 0.756. The third kappa shape index (κ3) is 2.86. The first kappa shape index (κ1) is 13.0. The summed E-state index contributed by atoms with van der Waals surface area (Å²) >= 11 is 0. The van der Waals surface area contributed by atoms with Gasteiger partial charge >= 0.3 is 0 Å². The summed E-state index contributed by atoms with van der Waals surface area (Å²) in [7, 11) is 1.71. The van der Waals surface area contributed by atoms with Crippen LogP contribution in [0.15, 0.2) is 24.3 Å². The fraction of sp³-hybridized carbons (Fsp3) is 0.538. The minimum atomic E-state index is 0.175. The van der Waals surface area contributed by atoms with Crippen LogP contribution in [0.4, 0.5) is 0 Å². The molecule has 1 aromatic carbocycles. The van der Waals surface area contributed by atoms with E-state index in [4.69, 9.17) is 4.74 Å². The van der Waals surface area contributed by atoms with Gasteiger partial charge in [-0.3, -0.25) is 0 Å². The van der Waals surface area contributed by atoms with E-state index in [0.29, 0.717) is 6.61 Å². The second kappa shape index (κ2) is 6.47. The molecule has 0 aliphatic carbocycles. The predicted molar refractivity (Wildman–Crippen MR) is 71.6 cm³/mol. The highest BCUT2D eigenvalue weighted by Gasteiger charge is 2.14. The van der Waals surface area contributed by atoms with E-state index in [1.54, 1.807) is 7.11 Å². The molecule has 98 valence electrons. The molecule has 0 amide bonds. The van der Waals surface area contributed by atoms with Gasteiger partial charge in [0.05, 0.1) is 18.2 Å². The number of rotatable bonds is 7. The van der Waals surface area contributed by atoms with E-state index in [1.807, 2.05) is 28.9 Å². The highest BCUT2D eigenvalue weighted by Crippen LogP contribution is 2.15. The summed E-state index contributed by atoms with van der Waals surface area (Å²) in [5.41, 5.74) is 1.98. The number of methoxy groups -OCH3 is 1. The smallest absolute Gasteiger partial charge is 0.113 e. The largest absolute Gasteiger partial charge is 0.382 e. The number of benzene rings is 1. The molecule has 1 N–H and O–H groups in total. The molecule has 1 heterocycles. The average Bonchev–Trinajstić information content (AvgIpc) is 2.82. The first-order valence-electron chi connectivity index (χ1n) is 6.36. The standard InChI is InChI=1S/C13H20N4O/c1-3-8-14-9-11(10-18-2)17-13-7-5-4-6-12(13)15-16-17/h4-7,11,14H,3,8-10H2,1-2H3. The van der Waals surface area contributed by atoms with Crippen LogP contribution in [-0.2, 0) is 4.74 Å².